The Kier molecular flexibility index (Phi) is 5.91. The molecule has 2 aromatic rings. The Hall–Kier alpha value is -2.37. The smallest absolute Gasteiger partial charge is 0.253 e. The molecule has 3 rings (SSSR count). The number of benzene rings is 2. The first-order valence-electron chi connectivity index (χ1n) is 8.87. The highest BCUT2D eigenvalue weighted by Crippen LogP contribution is 2.25. The summed E-state index contributed by atoms with van der Waals surface area (Å²) >= 11 is 0. The monoisotopic (exact) mass is 355 g/mol. The quantitative estimate of drug-likeness (QED) is 0.866. The van der Waals surface area contributed by atoms with Gasteiger partial charge in [-0.3, -0.25) is 4.79 Å². The van der Waals surface area contributed by atoms with Crippen molar-refractivity contribution in [3.8, 4) is 5.75 Å². The van der Waals surface area contributed by atoms with E-state index in [9.17, 15) is 9.90 Å². The first-order chi connectivity index (χ1) is 12.6. The van der Waals surface area contributed by atoms with Crippen molar-refractivity contribution in [2.75, 3.05) is 26.8 Å². The predicted octanol–water partition coefficient (Wildman–Crippen LogP) is 2.88. The Balaban J connectivity index is 1.53. The molecule has 1 heterocycles. The SMILES string of the molecule is COCc1ccc(C(=O)N2CCC(O)(COc3ccccc3)CC2)cc1. The van der Waals surface area contributed by atoms with Crippen molar-refractivity contribution in [1.82, 2.24) is 4.90 Å². The Labute approximate surface area is 154 Å². The summed E-state index contributed by atoms with van der Waals surface area (Å²) in [6, 6.07) is 16.9. The van der Waals surface area contributed by atoms with Crippen LogP contribution in [0.1, 0.15) is 28.8 Å². The molecule has 5 nitrogen and oxygen atoms in total. The topological polar surface area (TPSA) is 59.0 Å². The molecule has 0 radical (unpaired) electrons. The molecule has 1 N–H and O–H groups in total. The zero-order chi connectivity index (χ0) is 18.4. The van der Waals surface area contributed by atoms with E-state index in [1.165, 1.54) is 0 Å². The van der Waals surface area contributed by atoms with Crippen LogP contribution in [0.4, 0.5) is 0 Å². The zero-order valence-corrected chi connectivity index (χ0v) is 15.1. The summed E-state index contributed by atoms with van der Waals surface area (Å²) in [6.07, 6.45) is 1.01. The van der Waals surface area contributed by atoms with E-state index >= 15 is 0 Å². The summed E-state index contributed by atoms with van der Waals surface area (Å²) < 4.78 is 10.8. The van der Waals surface area contributed by atoms with E-state index in [0.29, 0.717) is 38.1 Å². The maximum atomic E-state index is 12.6. The summed E-state index contributed by atoms with van der Waals surface area (Å²) in [4.78, 5) is 14.4. The lowest BCUT2D eigenvalue weighted by Gasteiger charge is -2.38. The number of ether oxygens (including phenoxy) is 2. The lowest BCUT2D eigenvalue weighted by atomic mass is 9.92. The Morgan fingerprint density at radius 3 is 2.35 bits per heavy atom. The van der Waals surface area contributed by atoms with E-state index < -0.39 is 5.60 Å². The van der Waals surface area contributed by atoms with Crippen LogP contribution in [0.25, 0.3) is 0 Å². The second kappa shape index (κ2) is 8.34. The summed E-state index contributed by atoms with van der Waals surface area (Å²) in [5.41, 5.74) is 0.806. The van der Waals surface area contributed by atoms with Crippen molar-refractivity contribution in [2.24, 2.45) is 0 Å². The van der Waals surface area contributed by atoms with E-state index in [4.69, 9.17) is 9.47 Å². The van der Waals surface area contributed by atoms with Crippen molar-refractivity contribution >= 4 is 5.91 Å². The van der Waals surface area contributed by atoms with Crippen molar-refractivity contribution in [3.05, 3.63) is 65.7 Å². The van der Waals surface area contributed by atoms with Crippen molar-refractivity contribution < 1.29 is 19.4 Å². The largest absolute Gasteiger partial charge is 0.491 e. The second-order valence-corrected chi connectivity index (χ2v) is 6.75. The molecule has 1 amide bonds. The van der Waals surface area contributed by atoms with Gasteiger partial charge in [0, 0.05) is 25.8 Å². The van der Waals surface area contributed by atoms with Gasteiger partial charge in [0.05, 0.1) is 6.61 Å². The number of amides is 1. The van der Waals surface area contributed by atoms with Gasteiger partial charge in [-0.25, -0.2) is 0 Å². The lowest BCUT2D eigenvalue weighted by molar-refractivity contribution is -0.0475. The highest BCUT2D eigenvalue weighted by atomic mass is 16.5. The fraction of sp³-hybridized carbons (Fsp3) is 0.381. The minimum absolute atomic E-state index is 0.00000502. The van der Waals surface area contributed by atoms with Crippen LogP contribution >= 0.6 is 0 Å². The molecule has 1 fully saturated rings. The molecule has 0 atom stereocenters. The molecular formula is C21H25NO4. The highest BCUT2D eigenvalue weighted by molar-refractivity contribution is 5.94. The third-order valence-corrected chi connectivity index (χ3v) is 4.74. The van der Waals surface area contributed by atoms with E-state index in [1.54, 1.807) is 12.0 Å². The fourth-order valence-electron chi connectivity index (χ4n) is 3.10. The first kappa shape index (κ1) is 18.4. The van der Waals surface area contributed by atoms with Gasteiger partial charge in [-0.2, -0.15) is 0 Å². The molecule has 5 heteroatoms. The van der Waals surface area contributed by atoms with Gasteiger partial charge in [-0.1, -0.05) is 30.3 Å². The Bertz CT molecular complexity index is 707. The molecule has 1 saturated heterocycles. The fourth-order valence-corrected chi connectivity index (χ4v) is 3.10. The second-order valence-electron chi connectivity index (χ2n) is 6.75. The molecule has 1 aliphatic heterocycles. The molecule has 26 heavy (non-hydrogen) atoms. The number of carbonyl (C=O) groups is 1. The van der Waals surface area contributed by atoms with Crippen molar-refractivity contribution in [1.29, 1.82) is 0 Å². The molecule has 0 spiro atoms. The average molecular weight is 355 g/mol. The number of rotatable bonds is 6. The molecule has 0 unspecified atom stereocenters. The number of nitrogens with zero attached hydrogens (tertiary/aromatic N) is 1. The summed E-state index contributed by atoms with van der Waals surface area (Å²) in [7, 11) is 1.65. The van der Waals surface area contributed by atoms with Crippen LogP contribution in [0.3, 0.4) is 0 Å². The lowest BCUT2D eigenvalue weighted by Crippen LogP contribution is -2.49. The number of aliphatic hydroxyl groups is 1. The summed E-state index contributed by atoms with van der Waals surface area (Å²) in [5.74, 6) is 0.746. The number of carbonyl (C=O) groups excluding carboxylic acids is 1. The third-order valence-electron chi connectivity index (χ3n) is 4.74. The van der Waals surface area contributed by atoms with Gasteiger partial charge in [0.2, 0.25) is 0 Å². The number of para-hydroxylation sites is 1. The van der Waals surface area contributed by atoms with Gasteiger partial charge in [0.15, 0.2) is 0 Å². The zero-order valence-electron chi connectivity index (χ0n) is 15.1. The van der Waals surface area contributed by atoms with Crippen LogP contribution in [-0.4, -0.2) is 48.3 Å². The molecule has 0 saturated carbocycles. The standard InChI is InChI=1S/C21H25NO4/c1-25-15-17-7-9-18(10-8-17)20(23)22-13-11-21(24,12-14-22)16-26-19-5-3-2-4-6-19/h2-10,24H,11-16H2,1H3. The number of hydrogen-bond acceptors (Lipinski definition) is 4. The first-order valence-corrected chi connectivity index (χ1v) is 8.87. The van der Waals surface area contributed by atoms with E-state index in [1.807, 2.05) is 54.6 Å². The molecule has 138 valence electrons. The van der Waals surface area contributed by atoms with Crippen LogP contribution in [0.5, 0.6) is 5.75 Å². The molecule has 0 aliphatic carbocycles. The van der Waals surface area contributed by atoms with Crippen molar-refractivity contribution in [3.63, 3.8) is 0 Å². The van der Waals surface area contributed by atoms with Crippen LogP contribution in [-0.2, 0) is 11.3 Å². The molecule has 2 aromatic carbocycles. The van der Waals surface area contributed by atoms with Crippen LogP contribution in [0.2, 0.25) is 0 Å². The third kappa shape index (κ3) is 4.62. The normalized spacial score (nSPS) is 16.3. The van der Waals surface area contributed by atoms with Crippen LogP contribution in [0, 0.1) is 0 Å². The Morgan fingerprint density at radius 1 is 1.08 bits per heavy atom. The number of likely N-dealkylation sites (tertiary alicyclic amines) is 1. The maximum Gasteiger partial charge on any atom is 0.253 e. The minimum atomic E-state index is -0.894. The van der Waals surface area contributed by atoms with Gasteiger partial charge in [0.1, 0.15) is 18.0 Å². The van der Waals surface area contributed by atoms with Crippen LogP contribution < -0.4 is 4.74 Å². The summed E-state index contributed by atoms with van der Waals surface area (Å²) in [5, 5.41) is 10.7. The molecule has 0 bridgehead atoms. The van der Waals surface area contributed by atoms with Gasteiger partial charge in [0.25, 0.3) is 5.91 Å². The highest BCUT2D eigenvalue weighted by Gasteiger charge is 2.35. The number of hydrogen-bond donors (Lipinski definition) is 1. The van der Waals surface area contributed by atoms with Gasteiger partial charge in [-0.05, 0) is 42.7 Å². The number of piperidine rings is 1. The molecule has 1 aliphatic rings. The van der Waals surface area contributed by atoms with Crippen LogP contribution in [0.15, 0.2) is 54.6 Å². The number of methoxy groups -OCH3 is 1. The average Bonchev–Trinajstić information content (AvgIpc) is 2.68. The molecule has 0 aromatic heterocycles. The van der Waals surface area contributed by atoms with E-state index in [0.717, 1.165) is 11.3 Å². The maximum absolute atomic E-state index is 12.6. The van der Waals surface area contributed by atoms with E-state index in [-0.39, 0.29) is 12.5 Å². The summed E-state index contributed by atoms with van der Waals surface area (Å²) in [6.45, 7) is 1.82. The predicted molar refractivity (Wildman–Crippen MR) is 99.2 cm³/mol. The van der Waals surface area contributed by atoms with Gasteiger partial charge < -0.3 is 19.5 Å². The van der Waals surface area contributed by atoms with Gasteiger partial charge >= 0.3 is 0 Å². The van der Waals surface area contributed by atoms with Crippen molar-refractivity contribution in [2.45, 2.75) is 25.0 Å². The molecular weight excluding hydrogens is 330 g/mol. The minimum Gasteiger partial charge on any atom is -0.491 e. The van der Waals surface area contributed by atoms with Gasteiger partial charge in [-0.15, -0.1) is 0 Å². The van der Waals surface area contributed by atoms with E-state index in [2.05, 4.69) is 0 Å². The Morgan fingerprint density at radius 2 is 1.73 bits per heavy atom.